The molecule has 0 saturated carbocycles. The van der Waals surface area contributed by atoms with Crippen molar-refractivity contribution in [1.29, 1.82) is 0 Å². The Bertz CT molecular complexity index is 423. The third-order valence-corrected chi connectivity index (χ3v) is 3.55. The minimum absolute atomic E-state index is 0.162. The standard InChI is InChI=1S/C15H20O2/c1-3-11-8-13(16)15(14(17)9-11)12-6-4-5-10(2)7-12/h7-9,12,16-17H,3-6H2,1-2H3. The number of aromatic hydroxyl groups is 2. The summed E-state index contributed by atoms with van der Waals surface area (Å²) in [5.41, 5.74) is 3.01. The largest absolute Gasteiger partial charge is 0.507 e. The van der Waals surface area contributed by atoms with E-state index in [4.69, 9.17) is 0 Å². The van der Waals surface area contributed by atoms with E-state index in [0.29, 0.717) is 5.56 Å². The first-order chi connectivity index (χ1) is 8.11. The van der Waals surface area contributed by atoms with Crippen LogP contribution >= 0.6 is 0 Å². The number of hydrogen-bond donors (Lipinski definition) is 2. The fourth-order valence-corrected chi connectivity index (χ4v) is 2.60. The summed E-state index contributed by atoms with van der Waals surface area (Å²) < 4.78 is 0. The van der Waals surface area contributed by atoms with Crippen LogP contribution in [0.2, 0.25) is 0 Å². The second-order valence-corrected chi connectivity index (χ2v) is 4.91. The van der Waals surface area contributed by atoms with Crippen LogP contribution in [-0.2, 0) is 6.42 Å². The van der Waals surface area contributed by atoms with Crippen molar-refractivity contribution in [2.24, 2.45) is 0 Å². The van der Waals surface area contributed by atoms with Gasteiger partial charge in [-0.15, -0.1) is 0 Å². The lowest BCUT2D eigenvalue weighted by molar-refractivity contribution is 0.427. The van der Waals surface area contributed by atoms with Crippen LogP contribution < -0.4 is 0 Å². The second kappa shape index (κ2) is 4.82. The van der Waals surface area contributed by atoms with E-state index in [1.165, 1.54) is 5.57 Å². The van der Waals surface area contributed by atoms with Gasteiger partial charge in [-0.05, 0) is 50.3 Å². The van der Waals surface area contributed by atoms with Crippen molar-refractivity contribution in [2.75, 3.05) is 0 Å². The summed E-state index contributed by atoms with van der Waals surface area (Å²) in [7, 11) is 0. The molecule has 0 radical (unpaired) electrons. The van der Waals surface area contributed by atoms with Gasteiger partial charge in [0.25, 0.3) is 0 Å². The molecular formula is C15H20O2. The Morgan fingerprint density at radius 3 is 2.41 bits per heavy atom. The van der Waals surface area contributed by atoms with E-state index in [0.717, 1.165) is 31.2 Å². The summed E-state index contributed by atoms with van der Waals surface area (Å²) in [5, 5.41) is 20.1. The topological polar surface area (TPSA) is 40.5 Å². The molecule has 1 aromatic rings. The quantitative estimate of drug-likeness (QED) is 0.760. The molecule has 17 heavy (non-hydrogen) atoms. The van der Waals surface area contributed by atoms with Crippen LogP contribution in [0.4, 0.5) is 0 Å². The van der Waals surface area contributed by atoms with E-state index >= 15 is 0 Å². The van der Waals surface area contributed by atoms with E-state index in [9.17, 15) is 10.2 Å². The average Bonchev–Trinajstić information content (AvgIpc) is 2.28. The Morgan fingerprint density at radius 2 is 1.88 bits per heavy atom. The number of rotatable bonds is 2. The molecule has 2 rings (SSSR count). The molecule has 1 atom stereocenters. The number of benzene rings is 1. The first-order valence-corrected chi connectivity index (χ1v) is 6.34. The third kappa shape index (κ3) is 2.46. The zero-order valence-electron chi connectivity index (χ0n) is 10.5. The molecule has 92 valence electrons. The summed E-state index contributed by atoms with van der Waals surface area (Å²) in [4.78, 5) is 0. The molecule has 0 spiro atoms. The van der Waals surface area contributed by atoms with E-state index < -0.39 is 0 Å². The van der Waals surface area contributed by atoms with Gasteiger partial charge < -0.3 is 10.2 Å². The molecule has 2 heteroatoms. The van der Waals surface area contributed by atoms with Crippen LogP contribution in [-0.4, -0.2) is 10.2 Å². The SMILES string of the molecule is CCc1cc(O)c(C2C=C(C)CCC2)c(O)c1. The summed E-state index contributed by atoms with van der Waals surface area (Å²) in [6.07, 6.45) is 6.25. The van der Waals surface area contributed by atoms with Crippen molar-refractivity contribution in [3.05, 3.63) is 34.9 Å². The fourth-order valence-electron chi connectivity index (χ4n) is 2.60. The Hall–Kier alpha value is -1.44. The van der Waals surface area contributed by atoms with Gasteiger partial charge in [-0.25, -0.2) is 0 Å². The van der Waals surface area contributed by atoms with Crippen LogP contribution in [0, 0.1) is 0 Å². The molecule has 0 bridgehead atoms. The molecule has 0 aromatic heterocycles. The maximum Gasteiger partial charge on any atom is 0.123 e. The molecule has 1 aliphatic rings. The Labute approximate surface area is 103 Å². The van der Waals surface area contributed by atoms with Gasteiger partial charge in [0, 0.05) is 11.5 Å². The van der Waals surface area contributed by atoms with Gasteiger partial charge in [0.2, 0.25) is 0 Å². The number of hydrogen-bond acceptors (Lipinski definition) is 2. The Morgan fingerprint density at radius 1 is 1.24 bits per heavy atom. The minimum Gasteiger partial charge on any atom is -0.507 e. The van der Waals surface area contributed by atoms with E-state index in [-0.39, 0.29) is 17.4 Å². The average molecular weight is 232 g/mol. The molecule has 2 N–H and O–H groups in total. The number of allylic oxidation sites excluding steroid dienone is 2. The Balaban J connectivity index is 2.41. The minimum atomic E-state index is 0.162. The van der Waals surface area contributed by atoms with Crippen LogP contribution in [0.15, 0.2) is 23.8 Å². The van der Waals surface area contributed by atoms with E-state index in [2.05, 4.69) is 13.0 Å². The lowest BCUT2D eigenvalue weighted by Gasteiger charge is -2.22. The maximum atomic E-state index is 10.1. The molecule has 0 fully saturated rings. The predicted octanol–water partition coefficient (Wildman–Crippen LogP) is 3.87. The molecule has 0 amide bonds. The van der Waals surface area contributed by atoms with Crippen LogP contribution in [0.5, 0.6) is 11.5 Å². The molecule has 1 aliphatic carbocycles. The number of phenols is 2. The molecule has 1 unspecified atom stereocenters. The van der Waals surface area contributed by atoms with Gasteiger partial charge in [0.1, 0.15) is 11.5 Å². The van der Waals surface area contributed by atoms with E-state index in [1.807, 2.05) is 6.92 Å². The number of aryl methyl sites for hydroxylation is 1. The van der Waals surface area contributed by atoms with Crippen LogP contribution in [0.3, 0.4) is 0 Å². The monoisotopic (exact) mass is 232 g/mol. The summed E-state index contributed by atoms with van der Waals surface area (Å²) in [5.74, 6) is 0.630. The zero-order valence-corrected chi connectivity index (χ0v) is 10.5. The Kier molecular flexibility index (Phi) is 3.41. The molecular weight excluding hydrogens is 212 g/mol. The van der Waals surface area contributed by atoms with E-state index in [1.54, 1.807) is 12.1 Å². The normalized spacial score (nSPS) is 20.1. The van der Waals surface area contributed by atoms with Gasteiger partial charge in [-0.2, -0.15) is 0 Å². The third-order valence-electron chi connectivity index (χ3n) is 3.55. The van der Waals surface area contributed by atoms with Gasteiger partial charge in [-0.1, -0.05) is 18.6 Å². The smallest absolute Gasteiger partial charge is 0.123 e. The zero-order chi connectivity index (χ0) is 12.4. The van der Waals surface area contributed by atoms with Crippen LogP contribution in [0.1, 0.15) is 50.2 Å². The first kappa shape index (κ1) is 12.0. The molecule has 0 saturated heterocycles. The van der Waals surface area contributed by atoms with Gasteiger partial charge in [-0.3, -0.25) is 0 Å². The van der Waals surface area contributed by atoms with Crippen LogP contribution in [0.25, 0.3) is 0 Å². The highest BCUT2D eigenvalue weighted by molar-refractivity contribution is 5.50. The highest BCUT2D eigenvalue weighted by Crippen LogP contribution is 2.41. The van der Waals surface area contributed by atoms with Crippen molar-refractivity contribution in [1.82, 2.24) is 0 Å². The summed E-state index contributed by atoms with van der Waals surface area (Å²) in [6, 6.07) is 3.54. The summed E-state index contributed by atoms with van der Waals surface area (Å²) >= 11 is 0. The van der Waals surface area contributed by atoms with Crippen molar-refractivity contribution in [3.8, 4) is 11.5 Å². The van der Waals surface area contributed by atoms with Crippen molar-refractivity contribution in [3.63, 3.8) is 0 Å². The van der Waals surface area contributed by atoms with Gasteiger partial charge in [0.15, 0.2) is 0 Å². The fraction of sp³-hybridized carbons (Fsp3) is 0.467. The van der Waals surface area contributed by atoms with Crippen molar-refractivity contribution >= 4 is 0 Å². The second-order valence-electron chi connectivity index (χ2n) is 4.91. The first-order valence-electron chi connectivity index (χ1n) is 6.34. The lowest BCUT2D eigenvalue weighted by Crippen LogP contribution is -2.03. The molecule has 1 aromatic carbocycles. The van der Waals surface area contributed by atoms with Crippen molar-refractivity contribution in [2.45, 2.75) is 45.4 Å². The summed E-state index contributed by atoms with van der Waals surface area (Å²) in [6.45, 7) is 4.12. The molecule has 0 heterocycles. The lowest BCUT2D eigenvalue weighted by atomic mass is 9.84. The van der Waals surface area contributed by atoms with Crippen molar-refractivity contribution < 1.29 is 10.2 Å². The highest BCUT2D eigenvalue weighted by Gasteiger charge is 2.20. The molecule has 2 nitrogen and oxygen atoms in total. The predicted molar refractivity (Wildman–Crippen MR) is 69.5 cm³/mol. The molecule has 0 aliphatic heterocycles. The number of phenolic OH excluding ortho intramolecular Hbond substituents is 2. The highest BCUT2D eigenvalue weighted by atomic mass is 16.3. The van der Waals surface area contributed by atoms with Gasteiger partial charge in [0.05, 0.1) is 0 Å². The maximum absolute atomic E-state index is 10.1. The van der Waals surface area contributed by atoms with Gasteiger partial charge >= 0.3 is 0 Å².